The third kappa shape index (κ3) is 2.23. The molecule has 0 aromatic carbocycles. The Labute approximate surface area is 117 Å². The number of rotatable bonds is 5. The molecule has 0 aromatic heterocycles. The minimum absolute atomic E-state index is 0.0915. The van der Waals surface area contributed by atoms with Crippen LogP contribution >= 0.6 is 0 Å². The topological polar surface area (TPSA) is 81.4 Å². The summed E-state index contributed by atoms with van der Waals surface area (Å²) >= 11 is 0. The maximum Gasteiger partial charge on any atom is 0.241 e. The number of nitrogens with two attached hydrogens (primary N) is 1. The van der Waals surface area contributed by atoms with Gasteiger partial charge in [-0.25, -0.2) is 0 Å². The van der Waals surface area contributed by atoms with Crippen LogP contribution in [-0.4, -0.2) is 46.9 Å². The van der Waals surface area contributed by atoms with Crippen molar-refractivity contribution in [1.82, 2.24) is 5.32 Å². The normalized spacial score (nSPS) is 37.3. The Morgan fingerprint density at radius 2 is 2.21 bits per heavy atom. The number of hydrogen-bond acceptors (Lipinski definition) is 4. The second-order valence-electron chi connectivity index (χ2n) is 6.16. The van der Waals surface area contributed by atoms with Crippen molar-refractivity contribution in [3.63, 3.8) is 0 Å². The second kappa shape index (κ2) is 5.14. The minimum Gasteiger partial charge on any atom is -0.377 e. The van der Waals surface area contributed by atoms with E-state index in [4.69, 9.17) is 10.5 Å². The van der Waals surface area contributed by atoms with Crippen LogP contribution in [0.3, 0.4) is 0 Å². The molecule has 3 N–H and O–H groups in total. The van der Waals surface area contributed by atoms with E-state index in [2.05, 4.69) is 5.32 Å². The van der Waals surface area contributed by atoms with Gasteiger partial charge in [-0.2, -0.15) is 0 Å². The van der Waals surface area contributed by atoms with Crippen molar-refractivity contribution in [2.24, 2.45) is 17.1 Å². The van der Waals surface area contributed by atoms with Gasteiger partial charge in [-0.15, -0.1) is 0 Å². The fraction of sp³-hybridized carbons (Fsp3) is 0.923. The Kier molecular flexibility index (Phi) is 4.05. The quantitative estimate of drug-likeness (QED) is 0.699. The molecule has 0 bridgehead atoms. The molecule has 1 aliphatic carbocycles. The third-order valence-corrected chi connectivity index (χ3v) is 5.59. The maximum absolute atomic E-state index is 12.4. The molecule has 0 aromatic rings. The van der Waals surface area contributed by atoms with Gasteiger partial charge in [0, 0.05) is 47.3 Å². The SMILES string of the molecule is CS(=O)CCCNC(=O)C1(N)C2CCOC2C1(C)C. The molecule has 1 saturated carbocycles. The molecule has 0 radical (unpaired) electrons. The van der Waals surface area contributed by atoms with Crippen molar-refractivity contribution in [1.29, 1.82) is 0 Å². The molecule has 5 nitrogen and oxygen atoms in total. The highest BCUT2D eigenvalue weighted by molar-refractivity contribution is 7.84. The monoisotopic (exact) mass is 288 g/mol. The van der Waals surface area contributed by atoms with E-state index >= 15 is 0 Å². The summed E-state index contributed by atoms with van der Waals surface area (Å²) in [6.07, 6.45) is 3.35. The highest BCUT2D eigenvalue weighted by atomic mass is 32.2. The molecule has 110 valence electrons. The van der Waals surface area contributed by atoms with Gasteiger partial charge in [0.05, 0.1) is 6.10 Å². The van der Waals surface area contributed by atoms with E-state index in [1.54, 1.807) is 6.26 Å². The standard InChI is InChI=1S/C13H24N2O3S/c1-12(2)10-9(5-7-18-10)13(12,14)11(16)15-6-4-8-19(3)17/h9-10H,4-8,14H2,1-3H3,(H,15,16). The van der Waals surface area contributed by atoms with Gasteiger partial charge in [0.25, 0.3) is 0 Å². The highest BCUT2D eigenvalue weighted by Gasteiger charge is 2.71. The molecule has 0 spiro atoms. The van der Waals surface area contributed by atoms with E-state index in [1.165, 1.54) is 0 Å². The van der Waals surface area contributed by atoms with Crippen LogP contribution in [0.4, 0.5) is 0 Å². The van der Waals surface area contributed by atoms with E-state index < -0.39 is 16.3 Å². The first kappa shape index (κ1) is 14.9. The fourth-order valence-electron chi connectivity index (χ4n) is 3.47. The zero-order valence-electron chi connectivity index (χ0n) is 11.9. The molecular weight excluding hydrogens is 264 g/mol. The molecule has 4 atom stereocenters. The Morgan fingerprint density at radius 3 is 2.84 bits per heavy atom. The zero-order valence-corrected chi connectivity index (χ0v) is 12.7. The molecule has 19 heavy (non-hydrogen) atoms. The lowest BCUT2D eigenvalue weighted by atomic mass is 9.48. The Hall–Kier alpha value is -0.460. The Balaban J connectivity index is 1.92. The highest BCUT2D eigenvalue weighted by Crippen LogP contribution is 2.58. The van der Waals surface area contributed by atoms with Crippen LogP contribution in [0.2, 0.25) is 0 Å². The van der Waals surface area contributed by atoms with Crippen molar-refractivity contribution in [3.8, 4) is 0 Å². The molecule has 4 unspecified atom stereocenters. The van der Waals surface area contributed by atoms with E-state index in [1.807, 2.05) is 13.8 Å². The Bertz CT molecular complexity index is 399. The zero-order chi connectivity index (χ0) is 14.3. The van der Waals surface area contributed by atoms with Gasteiger partial charge in [0.1, 0.15) is 5.54 Å². The number of hydrogen-bond donors (Lipinski definition) is 2. The summed E-state index contributed by atoms with van der Waals surface area (Å²) in [5.74, 6) is 0.644. The fourth-order valence-corrected chi connectivity index (χ4v) is 4.02. The summed E-state index contributed by atoms with van der Waals surface area (Å²) in [6, 6.07) is 0. The number of amides is 1. The number of nitrogens with one attached hydrogen (secondary N) is 1. The van der Waals surface area contributed by atoms with Crippen molar-refractivity contribution in [3.05, 3.63) is 0 Å². The maximum atomic E-state index is 12.4. The lowest BCUT2D eigenvalue weighted by Crippen LogP contribution is -2.80. The van der Waals surface area contributed by atoms with Crippen LogP contribution in [-0.2, 0) is 20.3 Å². The summed E-state index contributed by atoms with van der Waals surface area (Å²) < 4.78 is 16.6. The lowest BCUT2D eigenvalue weighted by molar-refractivity contribution is -0.175. The predicted molar refractivity (Wildman–Crippen MR) is 75.1 cm³/mol. The molecule has 2 rings (SSSR count). The van der Waals surface area contributed by atoms with Gasteiger partial charge >= 0.3 is 0 Å². The van der Waals surface area contributed by atoms with Gasteiger partial charge in [0.15, 0.2) is 0 Å². The van der Waals surface area contributed by atoms with E-state index in [9.17, 15) is 9.00 Å². The van der Waals surface area contributed by atoms with Crippen molar-refractivity contribution in [2.45, 2.75) is 38.3 Å². The number of fused-ring (bicyclic) bond motifs is 1. The molecule has 1 amide bonds. The van der Waals surface area contributed by atoms with Crippen molar-refractivity contribution in [2.75, 3.05) is 25.2 Å². The number of carbonyl (C=O) groups excluding carboxylic acids is 1. The van der Waals surface area contributed by atoms with Crippen LogP contribution in [0.1, 0.15) is 26.7 Å². The summed E-state index contributed by atoms with van der Waals surface area (Å²) in [5, 5.41) is 2.89. The average Bonchev–Trinajstić information content (AvgIpc) is 2.80. The largest absolute Gasteiger partial charge is 0.377 e. The second-order valence-corrected chi connectivity index (χ2v) is 7.72. The van der Waals surface area contributed by atoms with Gasteiger partial charge in [-0.1, -0.05) is 13.8 Å². The van der Waals surface area contributed by atoms with E-state index in [-0.39, 0.29) is 23.3 Å². The van der Waals surface area contributed by atoms with Crippen LogP contribution in [0.5, 0.6) is 0 Å². The summed E-state index contributed by atoms with van der Waals surface area (Å²) in [5.41, 5.74) is 5.24. The first-order valence-electron chi connectivity index (χ1n) is 6.80. The van der Waals surface area contributed by atoms with E-state index in [0.717, 1.165) is 12.8 Å². The van der Waals surface area contributed by atoms with Gasteiger partial charge < -0.3 is 15.8 Å². The molecule has 1 heterocycles. The molecular formula is C13H24N2O3S. The van der Waals surface area contributed by atoms with Crippen LogP contribution in [0, 0.1) is 11.3 Å². The summed E-state index contributed by atoms with van der Waals surface area (Å²) in [4.78, 5) is 12.4. The molecule has 1 saturated heterocycles. The molecule has 1 aliphatic heterocycles. The number of ether oxygens (including phenoxy) is 1. The number of carbonyl (C=O) groups is 1. The lowest BCUT2D eigenvalue weighted by Gasteiger charge is -2.60. The van der Waals surface area contributed by atoms with Crippen molar-refractivity contribution < 1.29 is 13.7 Å². The predicted octanol–water partition coefficient (Wildman–Crippen LogP) is 0.0136. The van der Waals surface area contributed by atoms with E-state index in [0.29, 0.717) is 18.9 Å². The van der Waals surface area contributed by atoms with Crippen LogP contribution < -0.4 is 11.1 Å². The Morgan fingerprint density at radius 1 is 1.53 bits per heavy atom. The van der Waals surface area contributed by atoms with Crippen LogP contribution in [0.15, 0.2) is 0 Å². The first-order chi connectivity index (χ1) is 8.81. The molecule has 2 aliphatic rings. The van der Waals surface area contributed by atoms with Crippen molar-refractivity contribution >= 4 is 16.7 Å². The van der Waals surface area contributed by atoms with Gasteiger partial charge in [-0.05, 0) is 12.8 Å². The molecule has 6 heteroatoms. The first-order valence-corrected chi connectivity index (χ1v) is 8.53. The average molecular weight is 288 g/mol. The minimum atomic E-state index is -0.834. The van der Waals surface area contributed by atoms with Gasteiger partial charge in [0.2, 0.25) is 5.91 Å². The smallest absolute Gasteiger partial charge is 0.241 e. The third-order valence-electron chi connectivity index (χ3n) is 4.72. The summed E-state index contributed by atoms with van der Waals surface area (Å²) in [6.45, 7) is 5.23. The van der Waals surface area contributed by atoms with Crippen LogP contribution in [0.25, 0.3) is 0 Å². The summed E-state index contributed by atoms with van der Waals surface area (Å²) in [7, 11) is -0.811. The molecule has 2 fully saturated rings. The van der Waals surface area contributed by atoms with Gasteiger partial charge in [-0.3, -0.25) is 9.00 Å².